The number of rotatable bonds is 2. The van der Waals surface area contributed by atoms with E-state index < -0.39 is 0 Å². The van der Waals surface area contributed by atoms with E-state index in [9.17, 15) is 4.79 Å². The Hall–Kier alpha value is -1.65. The van der Waals surface area contributed by atoms with E-state index >= 15 is 0 Å². The summed E-state index contributed by atoms with van der Waals surface area (Å²) < 4.78 is 0. The molecule has 92 valence electrons. The first kappa shape index (κ1) is 11.8. The fourth-order valence-corrected chi connectivity index (χ4v) is 2.03. The molecule has 1 saturated heterocycles. The lowest BCUT2D eigenvalue weighted by molar-refractivity contribution is 0.0958. The molecule has 5 nitrogen and oxygen atoms in total. The lowest BCUT2D eigenvalue weighted by atomic mass is 10.1. The highest BCUT2D eigenvalue weighted by atomic mass is 16.1. The topological polar surface area (TPSA) is 58.1 Å². The molecule has 5 heteroatoms. The molecule has 0 aromatic carbocycles. The number of carbonyl (C=O) groups excluding carboxylic acids is 1. The zero-order chi connectivity index (χ0) is 12.3. The number of aromatic nitrogens is 2. The van der Waals surface area contributed by atoms with Gasteiger partial charge in [-0.15, -0.1) is 0 Å². The highest BCUT2D eigenvalue weighted by Crippen LogP contribution is 2.16. The summed E-state index contributed by atoms with van der Waals surface area (Å²) in [7, 11) is 1.61. The summed E-state index contributed by atoms with van der Waals surface area (Å²) in [6, 6.07) is 1.71. The van der Waals surface area contributed by atoms with Gasteiger partial charge in [-0.25, -0.2) is 9.97 Å². The Morgan fingerprint density at radius 2 is 2.00 bits per heavy atom. The molecule has 1 N–H and O–H groups in total. The second-order valence-electron chi connectivity index (χ2n) is 4.32. The van der Waals surface area contributed by atoms with Crippen LogP contribution in [-0.2, 0) is 0 Å². The fraction of sp³-hybridized carbons (Fsp3) is 0.583. The molecule has 1 aliphatic heterocycles. The Labute approximate surface area is 101 Å². The number of piperidine rings is 1. The standard InChI is InChI=1S/C12H18N4O/c1-9-8-10(11(17)13-2)15-12(14-9)16-6-4-3-5-7-16/h8H,3-7H2,1-2H3,(H,13,17). The van der Waals surface area contributed by atoms with Crippen LogP contribution in [0.2, 0.25) is 0 Å². The summed E-state index contributed by atoms with van der Waals surface area (Å²) in [6.07, 6.45) is 3.61. The number of carbonyl (C=O) groups is 1. The van der Waals surface area contributed by atoms with Crippen LogP contribution in [0.5, 0.6) is 0 Å². The zero-order valence-corrected chi connectivity index (χ0v) is 10.4. The van der Waals surface area contributed by atoms with Crippen molar-refractivity contribution < 1.29 is 4.79 Å². The quantitative estimate of drug-likeness (QED) is 0.833. The van der Waals surface area contributed by atoms with Crippen LogP contribution in [0.1, 0.15) is 35.4 Å². The lowest BCUT2D eigenvalue weighted by Gasteiger charge is -2.26. The first-order chi connectivity index (χ1) is 8.20. The van der Waals surface area contributed by atoms with Crippen LogP contribution in [0.25, 0.3) is 0 Å². The highest BCUT2D eigenvalue weighted by Gasteiger charge is 2.16. The fourth-order valence-electron chi connectivity index (χ4n) is 2.03. The molecule has 0 bridgehead atoms. The Morgan fingerprint density at radius 1 is 1.29 bits per heavy atom. The van der Waals surface area contributed by atoms with Crippen LogP contribution in [-0.4, -0.2) is 36.0 Å². The van der Waals surface area contributed by atoms with Crippen molar-refractivity contribution in [3.63, 3.8) is 0 Å². The maximum Gasteiger partial charge on any atom is 0.269 e. The summed E-state index contributed by atoms with van der Waals surface area (Å²) in [4.78, 5) is 22.5. The van der Waals surface area contributed by atoms with E-state index in [-0.39, 0.29) is 5.91 Å². The first-order valence-corrected chi connectivity index (χ1v) is 6.03. The van der Waals surface area contributed by atoms with E-state index in [1.807, 2.05) is 6.92 Å². The number of aryl methyl sites for hydroxylation is 1. The number of hydrogen-bond acceptors (Lipinski definition) is 4. The van der Waals surface area contributed by atoms with E-state index in [0.29, 0.717) is 11.6 Å². The van der Waals surface area contributed by atoms with Crippen LogP contribution in [0, 0.1) is 6.92 Å². The number of anilines is 1. The molecule has 2 rings (SSSR count). The van der Waals surface area contributed by atoms with Crippen molar-refractivity contribution in [2.45, 2.75) is 26.2 Å². The molecule has 1 aromatic rings. The maximum absolute atomic E-state index is 11.6. The van der Waals surface area contributed by atoms with E-state index in [2.05, 4.69) is 20.2 Å². The highest BCUT2D eigenvalue weighted by molar-refractivity contribution is 5.92. The van der Waals surface area contributed by atoms with Gasteiger partial charge in [-0.3, -0.25) is 4.79 Å². The predicted octanol–water partition coefficient (Wildman–Crippen LogP) is 1.13. The van der Waals surface area contributed by atoms with Crippen molar-refractivity contribution in [1.82, 2.24) is 15.3 Å². The number of amides is 1. The van der Waals surface area contributed by atoms with Crippen molar-refractivity contribution in [3.8, 4) is 0 Å². The Balaban J connectivity index is 2.27. The van der Waals surface area contributed by atoms with Gasteiger partial charge in [0, 0.05) is 25.8 Å². The average Bonchev–Trinajstić information content (AvgIpc) is 2.38. The first-order valence-electron chi connectivity index (χ1n) is 6.03. The summed E-state index contributed by atoms with van der Waals surface area (Å²) in [6.45, 7) is 3.86. The molecule has 0 radical (unpaired) electrons. The van der Waals surface area contributed by atoms with Crippen LogP contribution in [0.3, 0.4) is 0 Å². The average molecular weight is 234 g/mol. The second kappa shape index (κ2) is 5.12. The number of nitrogens with one attached hydrogen (secondary N) is 1. The summed E-state index contributed by atoms with van der Waals surface area (Å²) in [5, 5.41) is 2.59. The van der Waals surface area contributed by atoms with Gasteiger partial charge in [0.25, 0.3) is 5.91 Å². The Morgan fingerprint density at radius 3 is 2.65 bits per heavy atom. The van der Waals surface area contributed by atoms with E-state index in [1.165, 1.54) is 19.3 Å². The van der Waals surface area contributed by atoms with Crippen LogP contribution >= 0.6 is 0 Å². The minimum atomic E-state index is -0.159. The minimum absolute atomic E-state index is 0.159. The number of hydrogen-bond donors (Lipinski definition) is 1. The van der Waals surface area contributed by atoms with Gasteiger partial charge in [0.2, 0.25) is 5.95 Å². The third kappa shape index (κ3) is 2.72. The molecule has 1 amide bonds. The maximum atomic E-state index is 11.6. The number of nitrogens with zero attached hydrogens (tertiary/aromatic N) is 3. The molecule has 1 aliphatic rings. The Bertz CT molecular complexity index is 413. The van der Waals surface area contributed by atoms with Crippen LogP contribution in [0.4, 0.5) is 5.95 Å². The second-order valence-corrected chi connectivity index (χ2v) is 4.32. The van der Waals surface area contributed by atoms with Crippen LogP contribution < -0.4 is 10.2 Å². The van der Waals surface area contributed by atoms with Gasteiger partial charge >= 0.3 is 0 Å². The van der Waals surface area contributed by atoms with Gasteiger partial charge in [0.05, 0.1) is 0 Å². The largest absolute Gasteiger partial charge is 0.354 e. The molecular formula is C12H18N4O. The van der Waals surface area contributed by atoms with Crippen LogP contribution in [0.15, 0.2) is 6.07 Å². The molecule has 0 unspecified atom stereocenters. The summed E-state index contributed by atoms with van der Waals surface area (Å²) >= 11 is 0. The van der Waals surface area contributed by atoms with Crippen molar-refractivity contribution in [3.05, 3.63) is 17.5 Å². The monoisotopic (exact) mass is 234 g/mol. The summed E-state index contributed by atoms with van der Waals surface area (Å²) in [5.41, 5.74) is 1.28. The van der Waals surface area contributed by atoms with Gasteiger partial charge in [-0.1, -0.05) is 0 Å². The molecule has 1 fully saturated rings. The van der Waals surface area contributed by atoms with Gasteiger partial charge in [-0.2, -0.15) is 0 Å². The third-order valence-electron chi connectivity index (χ3n) is 2.94. The predicted molar refractivity (Wildman–Crippen MR) is 66.2 cm³/mol. The molecule has 0 atom stereocenters. The molecule has 1 aromatic heterocycles. The zero-order valence-electron chi connectivity index (χ0n) is 10.4. The van der Waals surface area contributed by atoms with Gasteiger partial charge in [0.15, 0.2) is 0 Å². The van der Waals surface area contributed by atoms with E-state index in [1.54, 1.807) is 13.1 Å². The molecule has 0 saturated carbocycles. The summed E-state index contributed by atoms with van der Waals surface area (Å²) in [5.74, 6) is 0.525. The van der Waals surface area contributed by atoms with Gasteiger partial charge < -0.3 is 10.2 Å². The Kier molecular flexibility index (Phi) is 3.56. The normalized spacial score (nSPS) is 15.8. The molecular weight excluding hydrogens is 216 g/mol. The van der Waals surface area contributed by atoms with Gasteiger partial charge in [0.1, 0.15) is 5.69 Å². The van der Waals surface area contributed by atoms with Crippen molar-refractivity contribution in [1.29, 1.82) is 0 Å². The lowest BCUT2D eigenvalue weighted by Crippen LogP contribution is -2.32. The molecule has 17 heavy (non-hydrogen) atoms. The van der Waals surface area contributed by atoms with Crippen molar-refractivity contribution in [2.75, 3.05) is 25.0 Å². The smallest absolute Gasteiger partial charge is 0.269 e. The third-order valence-corrected chi connectivity index (χ3v) is 2.94. The van der Waals surface area contributed by atoms with E-state index in [0.717, 1.165) is 18.8 Å². The molecule has 0 aliphatic carbocycles. The van der Waals surface area contributed by atoms with Crippen molar-refractivity contribution in [2.24, 2.45) is 0 Å². The van der Waals surface area contributed by atoms with Gasteiger partial charge in [-0.05, 0) is 32.3 Å². The molecule has 2 heterocycles. The van der Waals surface area contributed by atoms with E-state index in [4.69, 9.17) is 0 Å². The van der Waals surface area contributed by atoms with Crippen molar-refractivity contribution >= 4 is 11.9 Å². The SMILES string of the molecule is CNC(=O)c1cc(C)nc(N2CCCCC2)n1. The minimum Gasteiger partial charge on any atom is -0.354 e. The molecule has 0 spiro atoms.